The van der Waals surface area contributed by atoms with E-state index in [1.54, 1.807) is 0 Å². The highest BCUT2D eigenvalue weighted by molar-refractivity contribution is 5.34. The second-order valence-electron chi connectivity index (χ2n) is 4.84. The Morgan fingerprint density at radius 1 is 1.44 bits per heavy atom. The smallest absolute Gasteiger partial charge is 0.0987 e. The van der Waals surface area contributed by atoms with Gasteiger partial charge in [-0.1, -0.05) is 30.8 Å². The molecule has 0 saturated heterocycles. The number of benzene rings is 1. The van der Waals surface area contributed by atoms with Crippen LogP contribution in [0.2, 0.25) is 0 Å². The molecule has 0 spiro atoms. The van der Waals surface area contributed by atoms with Gasteiger partial charge in [-0.15, -0.1) is 0 Å². The standard InChI is InChI=1S/C16H21NO/c1-5-18-13(2)16(3,4)15-10-6-8-14(12-15)9-7-11-17/h6,8,10,12H,2,5,7,9H2,1,3-4H3. The maximum absolute atomic E-state index is 8.63. The third kappa shape index (κ3) is 3.37. The largest absolute Gasteiger partial charge is 0.498 e. The molecule has 0 aliphatic carbocycles. The Kier molecular flexibility index (Phi) is 4.97. The minimum Gasteiger partial charge on any atom is -0.498 e. The Bertz CT molecular complexity index is 454. The summed E-state index contributed by atoms with van der Waals surface area (Å²) in [5.41, 5.74) is 2.15. The summed E-state index contributed by atoms with van der Waals surface area (Å²) in [4.78, 5) is 0. The zero-order chi connectivity index (χ0) is 13.6. The minimum atomic E-state index is -0.210. The molecule has 0 aliphatic rings. The summed E-state index contributed by atoms with van der Waals surface area (Å²) in [6.07, 6.45) is 1.35. The van der Waals surface area contributed by atoms with E-state index in [1.807, 2.05) is 13.0 Å². The quantitative estimate of drug-likeness (QED) is 0.708. The highest BCUT2D eigenvalue weighted by Crippen LogP contribution is 2.31. The van der Waals surface area contributed by atoms with Crippen molar-refractivity contribution >= 4 is 0 Å². The van der Waals surface area contributed by atoms with Crippen LogP contribution >= 0.6 is 0 Å². The maximum atomic E-state index is 8.63. The average Bonchev–Trinajstić information content (AvgIpc) is 2.37. The van der Waals surface area contributed by atoms with Crippen LogP contribution in [0.15, 0.2) is 36.6 Å². The Morgan fingerprint density at radius 3 is 2.78 bits per heavy atom. The lowest BCUT2D eigenvalue weighted by Gasteiger charge is -2.27. The van der Waals surface area contributed by atoms with Gasteiger partial charge < -0.3 is 4.74 Å². The van der Waals surface area contributed by atoms with Crippen molar-refractivity contribution < 1.29 is 4.74 Å². The number of hydrogen-bond donors (Lipinski definition) is 0. The van der Waals surface area contributed by atoms with Crippen LogP contribution in [0.25, 0.3) is 0 Å². The van der Waals surface area contributed by atoms with Crippen molar-refractivity contribution in [1.29, 1.82) is 5.26 Å². The van der Waals surface area contributed by atoms with Crippen LogP contribution in [0.5, 0.6) is 0 Å². The van der Waals surface area contributed by atoms with Crippen LogP contribution in [0.4, 0.5) is 0 Å². The highest BCUT2D eigenvalue weighted by atomic mass is 16.5. The molecule has 0 heterocycles. The summed E-state index contributed by atoms with van der Waals surface area (Å²) in [5, 5.41) is 8.63. The summed E-state index contributed by atoms with van der Waals surface area (Å²) in [7, 11) is 0. The number of ether oxygens (including phenoxy) is 1. The van der Waals surface area contributed by atoms with Gasteiger partial charge >= 0.3 is 0 Å². The SMILES string of the molecule is C=C(OCC)C(C)(C)c1cccc(CCC#N)c1. The predicted octanol–water partition coefficient (Wildman–Crippen LogP) is 3.97. The van der Waals surface area contributed by atoms with E-state index in [0.29, 0.717) is 13.0 Å². The Labute approximate surface area is 110 Å². The van der Waals surface area contributed by atoms with Crippen molar-refractivity contribution in [2.45, 2.75) is 39.0 Å². The molecule has 0 bridgehead atoms. The van der Waals surface area contributed by atoms with Crippen LogP contribution in [0, 0.1) is 11.3 Å². The molecule has 0 N–H and O–H groups in total. The van der Waals surface area contributed by atoms with Gasteiger partial charge in [0.05, 0.1) is 18.4 Å². The van der Waals surface area contributed by atoms with Gasteiger partial charge in [0.25, 0.3) is 0 Å². The minimum absolute atomic E-state index is 0.210. The lowest BCUT2D eigenvalue weighted by atomic mass is 9.82. The third-order valence-electron chi connectivity index (χ3n) is 3.19. The number of hydrogen-bond acceptors (Lipinski definition) is 2. The van der Waals surface area contributed by atoms with Gasteiger partial charge in [0.15, 0.2) is 0 Å². The summed E-state index contributed by atoms with van der Waals surface area (Å²) in [6, 6.07) is 10.5. The van der Waals surface area contributed by atoms with Crippen LogP contribution in [-0.4, -0.2) is 6.61 Å². The molecule has 1 rings (SSSR count). The van der Waals surface area contributed by atoms with Crippen molar-refractivity contribution in [1.82, 2.24) is 0 Å². The van der Waals surface area contributed by atoms with E-state index < -0.39 is 0 Å². The lowest BCUT2D eigenvalue weighted by molar-refractivity contribution is 0.187. The monoisotopic (exact) mass is 243 g/mol. The first-order chi connectivity index (χ1) is 8.52. The second kappa shape index (κ2) is 6.26. The van der Waals surface area contributed by atoms with Crippen LogP contribution < -0.4 is 0 Å². The van der Waals surface area contributed by atoms with Gasteiger partial charge in [0.1, 0.15) is 0 Å². The summed E-state index contributed by atoms with van der Waals surface area (Å²) in [6.45, 7) is 10.8. The molecule has 0 amide bonds. The van der Waals surface area contributed by atoms with Gasteiger partial charge in [0, 0.05) is 11.8 Å². The first kappa shape index (κ1) is 14.3. The summed E-state index contributed by atoms with van der Waals surface area (Å²) in [5.74, 6) is 0.780. The predicted molar refractivity (Wildman–Crippen MR) is 74.2 cm³/mol. The fourth-order valence-corrected chi connectivity index (χ4v) is 1.83. The third-order valence-corrected chi connectivity index (χ3v) is 3.19. The first-order valence-corrected chi connectivity index (χ1v) is 6.31. The topological polar surface area (TPSA) is 33.0 Å². The Balaban J connectivity index is 2.94. The molecule has 2 heteroatoms. The highest BCUT2D eigenvalue weighted by Gasteiger charge is 2.25. The van der Waals surface area contributed by atoms with E-state index >= 15 is 0 Å². The summed E-state index contributed by atoms with van der Waals surface area (Å²) >= 11 is 0. The molecular formula is C16H21NO. The number of allylic oxidation sites excluding steroid dienone is 1. The van der Waals surface area contributed by atoms with Gasteiger partial charge in [-0.2, -0.15) is 5.26 Å². The second-order valence-corrected chi connectivity index (χ2v) is 4.84. The summed E-state index contributed by atoms with van der Waals surface area (Å²) < 4.78 is 5.54. The molecule has 0 saturated carbocycles. The number of rotatable bonds is 6. The molecule has 2 nitrogen and oxygen atoms in total. The average molecular weight is 243 g/mol. The van der Waals surface area contributed by atoms with Gasteiger partial charge in [-0.3, -0.25) is 0 Å². The molecule has 0 atom stereocenters. The van der Waals surface area contributed by atoms with E-state index in [-0.39, 0.29) is 5.41 Å². The molecule has 1 aromatic rings. The molecule has 18 heavy (non-hydrogen) atoms. The van der Waals surface area contributed by atoms with Crippen LogP contribution in [0.1, 0.15) is 38.3 Å². The number of nitriles is 1. The van der Waals surface area contributed by atoms with Gasteiger partial charge in [0.2, 0.25) is 0 Å². The fourth-order valence-electron chi connectivity index (χ4n) is 1.83. The van der Waals surface area contributed by atoms with E-state index in [4.69, 9.17) is 10.00 Å². The molecule has 0 radical (unpaired) electrons. The van der Waals surface area contributed by atoms with Crippen LogP contribution in [-0.2, 0) is 16.6 Å². The van der Waals surface area contributed by atoms with Gasteiger partial charge in [-0.05, 0) is 38.3 Å². The number of nitrogens with zero attached hydrogens (tertiary/aromatic N) is 1. The zero-order valence-corrected chi connectivity index (χ0v) is 11.5. The van der Waals surface area contributed by atoms with Crippen molar-refractivity contribution in [2.24, 2.45) is 0 Å². The number of aryl methyl sites for hydroxylation is 1. The molecule has 1 aromatic carbocycles. The Hall–Kier alpha value is -1.75. The van der Waals surface area contributed by atoms with Crippen molar-refractivity contribution in [2.75, 3.05) is 6.61 Å². The molecule has 0 unspecified atom stereocenters. The zero-order valence-electron chi connectivity index (χ0n) is 11.5. The van der Waals surface area contributed by atoms with E-state index in [1.165, 1.54) is 11.1 Å². The normalized spacial score (nSPS) is 10.8. The Morgan fingerprint density at radius 2 is 2.17 bits per heavy atom. The first-order valence-electron chi connectivity index (χ1n) is 6.31. The van der Waals surface area contributed by atoms with E-state index in [9.17, 15) is 0 Å². The molecule has 0 aliphatic heterocycles. The molecule has 96 valence electrons. The fraction of sp³-hybridized carbons (Fsp3) is 0.438. The van der Waals surface area contributed by atoms with E-state index in [0.717, 1.165) is 12.2 Å². The van der Waals surface area contributed by atoms with Crippen molar-refractivity contribution in [3.05, 3.63) is 47.7 Å². The molecule has 0 fully saturated rings. The van der Waals surface area contributed by atoms with E-state index in [2.05, 4.69) is 44.7 Å². The van der Waals surface area contributed by atoms with Crippen LogP contribution in [0.3, 0.4) is 0 Å². The maximum Gasteiger partial charge on any atom is 0.0987 e. The van der Waals surface area contributed by atoms with Crippen molar-refractivity contribution in [3.63, 3.8) is 0 Å². The molecular weight excluding hydrogens is 222 g/mol. The lowest BCUT2D eigenvalue weighted by Crippen LogP contribution is -2.21. The van der Waals surface area contributed by atoms with Crippen molar-refractivity contribution in [3.8, 4) is 6.07 Å². The van der Waals surface area contributed by atoms with Gasteiger partial charge in [-0.25, -0.2) is 0 Å². The molecule has 0 aromatic heterocycles.